The average Bonchev–Trinajstić information content (AvgIpc) is 2.38. The van der Waals surface area contributed by atoms with Crippen LogP contribution in [0.2, 0.25) is 0 Å². The molecule has 0 aliphatic rings. The summed E-state index contributed by atoms with van der Waals surface area (Å²) in [5, 5.41) is 6.07. The molecule has 19 heavy (non-hydrogen) atoms. The summed E-state index contributed by atoms with van der Waals surface area (Å²) >= 11 is 0. The van der Waals surface area contributed by atoms with Crippen LogP contribution in [0.1, 0.15) is 19.7 Å². The number of anilines is 2. The Kier molecular flexibility index (Phi) is 6.01. The van der Waals surface area contributed by atoms with Crippen LogP contribution in [0.15, 0.2) is 6.07 Å². The number of hydrogen-bond donors (Lipinski definition) is 2. The molecular weight excluding hydrogens is 248 g/mol. The molecule has 0 spiro atoms. The molecule has 0 aliphatic carbocycles. The number of rotatable bonds is 7. The quantitative estimate of drug-likeness (QED) is 0.714. The SMILES string of the molecule is CCNc1cc(NC(C)C(=O)OC)nc(COC)n1. The Morgan fingerprint density at radius 3 is 2.63 bits per heavy atom. The van der Waals surface area contributed by atoms with Crippen molar-refractivity contribution < 1.29 is 14.3 Å². The first-order chi connectivity index (χ1) is 9.10. The lowest BCUT2D eigenvalue weighted by molar-refractivity contribution is -0.141. The average molecular weight is 268 g/mol. The predicted molar refractivity (Wildman–Crippen MR) is 72.0 cm³/mol. The van der Waals surface area contributed by atoms with E-state index in [1.54, 1.807) is 20.1 Å². The van der Waals surface area contributed by atoms with Gasteiger partial charge in [0.15, 0.2) is 5.82 Å². The molecule has 1 atom stereocenters. The molecule has 1 aromatic rings. The molecule has 0 aromatic carbocycles. The Balaban J connectivity index is 2.88. The van der Waals surface area contributed by atoms with Crippen LogP contribution >= 0.6 is 0 Å². The molecule has 1 rings (SSSR count). The van der Waals surface area contributed by atoms with E-state index < -0.39 is 6.04 Å². The van der Waals surface area contributed by atoms with E-state index in [4.69, 9.17) is 4.74 Å². The Bertz CT molecular complexity index is 401. The standard InChI is InChI=1S/C12H20N4O3/c1-5-13-9-6-10(14-8(2)12(17)19-4)16-11(15-9)7-18-3/h6,8H,5,7H2,1-4H3,(H2,13,14,15,16). The van der Waals surface area contributed by atoms with Crippen molar-refractivity contribution in [2.75, 3.05) is 31.4 Å². The van der Waals surface area contributed by atoms with Gasteiger partial charge in [0.1, 0.15) is 24.3 Å². The van der Waals surface area contributed by atoms with Gasteiger partial charge in [-0.25, -0.2) is 14.8 Å². The zero-order valence-electron chi connectivity index (χ0n) is 11.7. The summed E-state index contributed by atoms with van der Waals surface area (Å²) in [5.41, 5.74) is 0. The molecule has 7 nitrogen and oxygen atoms in total. The molecule has 0 saturated heterocycles. The zero-order valence-corrected chi connectivity index (χ0v) is 11.7. The summed E-state index contributed by atoms with van der Waals surface area (Å²) in [4.78, 5) is 19.9. The van der Waals surface area contributed by atoms with Gasteiger partial charge in [-0.1, -0.05) is 0 Å². The largest absolute Gasteiger partial charge is 0.467 e. The second-order valence-corrected chi connectivity index (χ2v) is 3.91. The fourth-order valence-electron chi connectivity index (χ4n) is 1.49. The van der Waals surface area contributed by atoms with Crippen LogP contribution in [-0.4, -0.2) is 42.7 Å². The number of carbonyl (C=O) groups is 1. The Morgan fingerprint density at radius 2 is 2.05 bits per heavy atom. The van der Waals surface area contributed by atoms with Gasteiger partial charge in [0.25, 0.3) is 0 Å². The van der Waals surface area contributed by atoms with Crippen LogP contribution in [0.3, 0.4) is 0 Å². The van der Waals surface area contributed by atoms with E-state index >= 15 is 0 Å². The van der Waals surface area contributed by atoms with Crippen LogP contribution in [0.25, 0.3) is 0 Å². The van der Waals surface area contributed by atoms with Gasteiger partial charge in [0, 0.05) is 19.7 Å². The maximum atomic E-state index is 11.4. The van der Waals surface area contributed by atoms with E-state index in [0.717, 1.165) is 6.54 Å². The first-order valence-electron chi connectivity index (χ1n) is 6.05. The lowest BCUT2D eigenvalue weighted by Crippen LogP contribution is -2.28. The van der Waals surface area contributed by atoms with Crippen LogP contribution in [0.5, 0.6) is 0 Å². The third-order valence-corrected chi connectivity index (χ3v) is 2.32. The topological polar surface area (TPSA) is 85.4 Å². The molecule has 1 heterocycles. The van der Waals surface area contributed by atoms with Gasteiger partial charge in [-0.2, -0.15) is 0 Å². The van der Waals surface area contributed by atoms with E-state index in [2.05, 4.69) is 25.3 Å². The lowest BCUT2D eigenvalue weighted by Gasteiger charge is -2.14. The molecule has 0 bridgehead atoms. The number of esters is 1. The zero-order chi connectivity index (χ0) is 14.3. The van der Waals surface area contributed by atoms with Crippen LogP contribution in [0.4, 0.5) is 11.6 Å². The van der Waals surface area contributed by atoms with Crippen molar-refractivity contribution in [2.45, 2.75) is 26.5 Å². The van der Waals surface area contributed by atoms with Crippen molar-refractivity contribution in [3.8, 4) is 0 Å². The van der Waals surface area contributed by atoms with Gasteiger partial charge >= 0.3 is 5.97 Å². The third kappa shape index (κ3) is 4.70. The van der Waals surface area contributed by atoms with Crippen molar-refractivity contribution in [1.82, 2.24) is 9.97 Å². The van der Waals surface area contributed by atoms with Crippen LogP contribution < -0.4 is 10.6 Å². The van der Waals surface area contributed by atoms with Crippen molar-refractivity contribution >= 4 is 17.6 Å². The van der Waals surface area contributed by atoms with Gasteiger partial charge in [0.2, 0.25) is 0 Å². The maximum Gasteiger partial charge on any atom is 0.328 e. The molecule has 0 fully saturated rings. The Hall–Kier alpha value is -1.89. The van der Waals surface area contributed by atoms with Gasteiger partial charge in [0.05, 0.1) is 7.11 Å². The number of ether oxygens (including phenoxy) is 2. The minimum Gasteiger partial charge on any atom is -0.467 e. The van der Waals surface area contributed by atoms with E-state index in [1.165, 1.54) is 7.11 Å². The van der Waals surface area contributed by atoms with Gasteiger partial charge in [-0.05, 0) is 13.8 Å². The van der Waals surface area contributed by atoms with Crippen molar-refractivity contribution in [3.63, 3.8) is 0 Å². The van der Waals surface area contributed by atoms with E-state index in [0.29, 0.717) is 24.1 Å². The first kappa shape index (κ1) is 15.2. The summed E-state index contributed by atoms with van der Waals surface area (Å²) in [6.45, 7) is 4.73. The van der Waals surface area contributed by atoms with Crippen LogP contribution in [0, 0.1) is 0 Å². The van der Waals surface area contributed by atoms with Crippen molar-refractivity contribution in [2.24, 2.45) is 0 Å². The van der Waals surface area contributed by atoms with E-state index in [9.17, 15) is 4.79 Å². The summed E-state index contributed by atoms with van der Waals surface area (Å²) in [7, 11) is 2.92. The summed E-state index contributed by atoms with van der Waals surface area (Å²) in [5.74, 6) is 1.43. The summed E-state index contributed by atoms with van der Waals surface area (Å²) in [6, 6.07) is 1.26. The van der Waals surface area contributed by atoms with Crippen molar-refractivity contribution in [1.29, 1.82) is 0 Å². The molecule has 2 N–H and O–H groups in total. The highest BCUT2D eigenvalue weighted by Crippen LogP contribution is 2.13. The predicted octanol–water partition coefficient (Wildman–Crippen LogP) is 1.03. The molecule has 0 saturated carbocycles. The Labute approximate surface area is 112 Å². The fourth-order valence-corrected chi connectivity index (χ4v) is 1.49. The van der Waals surface area contributed by atoms with Gasteiger partial charge in [-0.3, -0.25) is 0 Å². The number of nitrogens with one attached hydrogen (secondary N) is 2. The number of carbonyl (C=O) groups excluding carboxylic acids is 1. The highest BCUT2D eigenvalue weighted by molar-refractivity contribution is 5.78. The highest BCUT2D eigenvalue weighted by atomic mass is 16.5. The molecule has 0 amide bonds. The summed E-state index contributed by atoms with van der Waals surface area (Å²) < 4.78 is 9.67. The molecule has 7 heteroatoms. The van der Waals surface area contributed by atoms with Gasteiger partial charge in [-0.15, -0.1) is 0 Å². The maximum absolute atomic E-state index is 11.4. The monoisotopic (exact) mass is 268 g/mol. The van der Waals surface area contributed by atoms with Crippen LogP contribution in [-0.2, 0) is 20.9 Å². The lowest BCUT2D eigenvalue weighted by atomic mass is 10.3. The van der Waals surface area contributed by atoms with Crippen molar-refractivity contribution in [3.05, 3.63) is 11.9 Å². The minimum atomic E-state index is -0.482. The number of aromatic nitrogens is 2. The molecule has 106 valence electrons. The first-order valence-corrected chi connectivity index (χ1v) is 6.05. The molecule has 0 radical (unpaired) electrons. The second-order valence-electron chi connectivity index (χ2n) is 3.91. The van der Waals surface area contributed by atoms with Gasteiger partial charge < -0.3 is 20.1 Å². The van der Waals surface area contributed by atoms with E-state index in [1.807, 2.05) is 6.92 Å². The fraction of sp³-hybridized carbons (Fsp3) is 0.583. The third-order valence-electron chi connectivity index (χ3n) is 2.32. The number of methoxy groups -OCH3 is 2. The minimum absolute atomic E-state index is 0.306. The number of hydrogen-bond acceptors (Lipinski definition) is 7. The highest BCUT2D eigenvalue weighted by Gasteiger charge is 2.14. The molecule has 0 aliphatic heterocycles. The van der Waals surface area contributed by atoms with E-state index in [-0.39, 0.29) is 5.97 Å². The smallest absolute Gasteiger partial charge is 0.328 e. The summed E-state index contributed by atoms with van der Waals surface area (Å²) in [6.07, 6.45) is 0. The number of nitrogens with zero attached hydrogens (tertiary/aromatic N) is 2. The molecule has 1 aromatic heterocycles. The molecular formula is C12H20N4O3. The molecule has 1 unspecified atom stereocenters. The second kappa shape index (κ2) is 7.52. The Morgan fingerprint density at radius 1 is 1.37 bits per heavy atom. The normalized spacial score (nSPS) is 11.8.